The van der Waals surface area contributed by atoms with Crippen LogP contribution in [0.4, 0.5) is 0 Å². The first-order valence-corrected chi connectivity index (χ1v) is 6.78. The zero-order valence-corrected chi connectivity index (χ0v) is 12.2. The summed E-state index contributed by atoms with van der Waals surface area (Å²) in [5.41, 5.74) is 2.44. The van der Waals surface area contributed by atoms with Crippen LogP contribution in [0.3, 0.4) is 0 Å². The smallest absolute Gasteiger partial charge is 0.158 e. The molecule has 0 spiro atoms. The number of aromatic nitrogens is 3. The van der Waals surface area contributed by atoms with Crippen LogP contribution in [0.25, 0.3) is 11.4 Å². The Morgan fingerprint density at radius 2 is 1.89 bits per heavy atom. The Morgan fingerprint density at radius 3 is 2.47 bits per heavy atom. The molecule has 0 bridgehead atoms. The molecule has 0 fully saturated rings. The molecule has 2 aromatic rings. The Morgan fingerprint density at radius 1 is 1.21 bits per heavy atom. The van der Waals surface area contributed by atoms with Crippen LogP contribution in [-0.4, -0.2) is 33.8 Å². The molecular formula is C15H22N4. The van der Waals surface area contributed by atoms with Gasteiger partial charge in [0.1, 0.15) is 6.33 Å². The van der Waals surface area contributed by atoms with Crippen molar-refractivity contribution in [3.05, 3.63) is 36.2 Å². The molecule has 0 aliphatic heterocycles. The Kier molecular flexibility index (Phi) is 4.32. The molecule has 0 saturated carbocycles. The predicted octanol–water partition coefficient (Wildman–Crippen LogP) is 2.98. The summed E-state index contributed by atoms with van der Waals surface area (Å²) in [6.07, 6.45) is 2.69. The summed E-state index contributed by atoms with van der Waals surface area (Å²) in [6.45, 7) is 5.26. The minimum Gasteiger partial charge on any atom is -0.303 e. The van der Waals surface area contributed by atoms with Gasteiger partial charge in [-0.05, 0) is 33.0 Å². The third kappa shape index (κ3) is 3.01. The lowest BCUT2D eigenvalue weighted by Crippen LogP contribution is -2.16. The van der Waals surface area contributed by atoms with Crippen LogP contribution in [0.1, 0.15) is 31.9 Å². The molecule has 0 aliphatic rings. The SMILES string of the molecule is CCCn1ncnc1-c1ccc([C@@H](C)N(C)C)cc1. The number of benzene rings is 1. The van der Waals surface area contributed by atoms with Crippen LogP contribution in [0, 0.1) is 0 Å². The van der Waals surface area contributed by atoms with Gasteiger partial charge in [-0.15, -0.1) is 0 Å². The zero-order chi connectivity index (χ0) is 13.8. The van der Waals surface area contributed by atoms with E-state index in [0.29, 0.717) is 6.04 Å². The van der Waals surface area contributed by atoms with E-state index in [1.807, 2.05) is 4.68 Å². The highest BCUT2D eigenvalue weighted by molar-refractivity contribution is 5.55. The molecule has 0 amide bonds. The molecular weight excluding hydrogens is 236 g/mol. The Balaban J connectivity index is 2.25. The van der Waals surface area contributed by atoms with Crippen LogP contribution in [-0.2, 0) is 6.54 Å². The standard InChI is InChI=1S/C15H22N4/c1-5-10-19-15(16-11-17-19)14-8-6-13(7-9-14)12(2)18(3)4/h6-9,11-12H,5,10H2,1-4H3/t12-/m1/s1. The number of hydrogen-bond donors (Lipinski definition) is 0. The summed E-state index contributed by atoms with van der Waals surface area (Å²) in [5.74, 6) is 0.950. The quantitative estimate of drug-likeness (QED) is 0.826. The molecule has 1 heterocycles. The average molecular weight is 258 g/mol. The van der Waals surface area contributed by atoms with Crippen molar-refractivity contribution in [3.63, 3.8) is 0 Å². The van der Waals surface area contributed by atoms with Gasteiger partial charge in [0, 0.05) is 18.2 Å². The third-order valence-corrected chi connectivity index (χ3v) is 3.48. The van der Waals surface area contributed by atoms with Crippen LogP contribution >= 0.6 is 0 Å². The molecule has 0 N–H and O–H groups in total. The summed E-state index contributed by atoms with van der Waals surface area (Å²) in [4.78, 5) is 6.56. The summed E-state index contributed by atoms with van der Waals surface area (Å²) in [7, 11) is 4.19. The average Bonchev–Trinajstić information content (AvgIpc) is 2.87. The fourth-order valence-electron chi connectivity index (χ4n) is 2.07. The van der Waals surface area contributed by atoms with Crippen LogP contribution in [0.2, 0.25) is 0 Å². The van der Waals surface area contributed by atoms with Gasteiger partial charge in [0.2, 0.25) is 0 Å². The summed E-state index contributed by atoms with van der Waals surface area (Å²) in [6, 6.07) is 9.02. The highest BCUT2D eigenvalue weighted by Crippen LogP contribution is 2.22. The summed E-state index contributed by atoms with van der Waals surface area (Å²) in [5, 5.41) is 4.27. The van der Waals surface area contributed by atoms with Crippen molar-refractivity contribution < 1.29 is 0 Å². The molecule has 0 radical (unpaired) electrons. The molecule has 1 atom stereocenters. The van der Waals surface area contributed by atoms with Crippen molar-refractivity contribution >= 4 is 0 Å². The molecule has 19 heavy (non-hydrogen) atoms. The van der Waals surface area contributed by atoms with E-state index in [1.165, 1.54) is 5.56 Å². The molecule has 2 rings (SSSR count). The van der Waals surface area contributed by atoms with Gasteiger partial charge in [0.15, 0.2) is 5.82 Å². The van der Waals surface area contributed by atoms with Crippen molar-refractivity contribution in [1.82, 2.24) is 19.7 Å². The molecule has 0 unspecified atom stereocenters. The van der Waals surface area contributed by atoms with E-state index in [4.69, 9.17) is 0 Å². The van der Waals surface area contributed by atoms with Crippen LogP contribution in [0.5, 0.6) is 0 Å². The van der Waals surface area contributed by atoms with E-state index < -0.39 is 0 Å². The highest BCUT2D eigenvalue weighted by atomic mass is 15.3. The number of hydrogen-bond acceptors (Lipinski definition) is 3. The second-order valence-electron chi connectivity index (χ2n) is 5.07. The normalized spacial score (nSPS) is 12.9. The van der Waals surface area contributed by atoms with Gasteiger partial charge in [0.25, 0.3) is 0 Å². The molecule has 1 aromatic heterocycles. The molecule has 4 nitrogen and oxygen atoms in total. The lowest BCUT2D eigenvalue weighted by atomic mass is 10.1. The lowest BCUT2D eigenvalue weighted by molar-refractivity contribution is 0.321. The van der Waals surface area contributed by atoms with E-state index in [9.17, 15) is 0 Å². The topological polar surface area (TPSA) is 34.0 Å². The van der Waals surface area contributed by atoms with E-state index in [0.717, 1.165) is 24.4 Å². The first-order valence-electron chi connectivity index (χ1n) is 6.78. The van der Waals surface area contributed by atoms with E-state index in [-0.39, 0.29) is 0 Å². The summed E-state index contributed by atoms with van der Waals surface area (Å²) >= 11 is 0. The van der Waals surface area contributed by atoms with Gasteiger partial charge < -0.3 is 4.90 Å². The van der Waals surface area contributed by atoms with E-state index in [2.05, 4.69) is 67.2 Å². The van der Waals surface area contributed by atoms with Gasteiger partial charge >= 0.3 is 0 Å². The maximum Gasteiger partial charge on any atom is 0.158 e. The zero-order valence-electron chi connectivity index (χ0n) is 12.2. The molecule has 4 heteroatoms. The van der Waals surface area contributed by atoms with Crippen molar-refractivity contribution in [3.8, 4) is 11.4 Å². The van der Waals surface area contributed by atoms with E-state index in [1.54, 1.807) is 6.33 Å². The maximum atomic E-state index is 4.36. The minimum atomic E-state index is 0.419. The molecule has 102 valence electrons. The van der Waals surface area contributed by atoms with Gasteiger partial charge in [-0.2, -0.15) is 5.10 Å². The highest BCUT2D eigenvalue weighted by Gasteiger charge is 2.10. The van der Waals surface area contributed by atoms with Crippen molar-refractivity contribution in [2.45, 2.75) is 32.9 Å². The minimum absolute atomic E-state index is 0.419. The number of rotatable bonds is 5. The molecule has 0 aliphatic carbocycles. The second-order valence-corrected chi connectivity index (χ2v) is 5.07. The monoisotopic (exact) mass is 258 g/mol. The van der Waals surface area contributed by atoms with E-state index >= 15 is 0 Å². The van der Waals surface area contributed by atoms with Crippen molar-refractivity contribution in [2.75, 3.05) is 14.1 Å². The fourth-order valence-corrected chi connectivity index (χ4v) is 2.07. The van der Waals surface area contributed by atoms with Gasteiger partial charge in [0.05, 0.1) is 0 Å². The number of aryl methyl sites for hydroxylation is 1. The Bertz CT molecular complexity index is 513. The number of nitrogens with zero attached hydrogens (tertiary/aromatic N) is 4. The Hall–Kier alpha value is -1.68. The van der Waals surface area contributed by atoms with Crippen molar-refractivity contribution in [2.24, 2.45) is 0 Å². The predicted molar refractivity (Wildman–Crippen MR) is 77.9 cm³/mol. The summed E-state index contributed by atoms with van der Waals surface area (Å²) < 4.78 is 1.96. The van der Waals surface area contributed by atoms with Gasteiger partial charge in [-0.25, -0.2) is 9.67 Å². The largest absolute Gasteiger partial charge is 0.303 e. The van der Waals surface area contributed by atoms with Crippen LogP contribution < -0.4 is 0 Å². The lowest BCUT2D eigenvalue weighted by Gasteiger charge is -2.20. The first-order chi connectivity index (χ1) is 9.13. The maximum absolute atomic E-state index is 4.36. The second kappa shape index (κ2) is 5.97. The van der Waals surface area contributed by atoms with Crippen LogP contribution in [0.15, 0.2) is 30.6 Å². The van der Waals surface area contributed by atoms with Gasteiger partial charge in [-0.3, -0.25) is 0 Å². The van der Waals surface area contributed by atoms with Crippen molar-refractivity contribution in [1.29, 1.82) is 0 Å². The molecule has 0 saturated heterocycles. The van der Waals surface area contributed by atoms with Gasteiger partial charge in [-0.1, -0.05) is 31.2 Å². The third-order valence-electron chi connectivity index (χ3n) is 3.48. The first kappa shape index (κ1) is 13.7. The molecule has 1 aromatic carbocycles. The Labute approximate surface area is 115 Å². The fraction of sp³-hybridized carbons (Fsp3) is 0.467.